The molecule has 15 heavy (non-hydrogen) atoms. The van der Waals surface area contributed by atoms with Crippen molar-refractivity contribution in [3.63, 3.8) is 0 Å². The van der Waals surface area contributed by atoms with Crippen LogP contribution in [0, 0.1) is 5.92 Å². The molecule has 2 rings (SSSR count). The van der Waals surface area contributed by atoms with Crippen LogP contribution in [-0.4, -0.2) is 48.9 Å². The lowest BCUT2D eigenvalue weighted by Crippen LogP contribution is -2.54. The number of piperazine rings is 1. The lowest BCUT2D eigenvalue weighted by atomic mass is 10.1. The quantitative estimate of drug-likeness (QED) is 0.581. The van der Waals surface area contributed by atoms with Gasteiger partial charge in [-0.1, -0.05) is 0 Å². The number of carbonyl (C=O) groups excluding carboxylic acids is 2. The molecule has 0 bridgehead atoms. The maximum Gasteiger partial charge on any atom is 0.228 e. The van der Waals surface area contributed by atoms with Crippen LogP contribution in [0.15, 0.2) is 0 Å². The van der Waals surface area contributed by atoms with Gasteiger partial charge in [0.15, 0.2) is 0 Å². The number of amides is 2. The van der Waals surface area contributed by atoms with E-state index < -0.39 is 0 Å². The highest BCUT2D eigenvalue weighted by Crippen LogP contribution is 2.15. The lowest BCUT2D eigenvalue weighted by molar-refractivity contribution is -0.138. The SMILES string of the molecule is C[C@@H]1CNCCN1C(=O)C1CNC(=O)C1. The molecule has 2 aliphatic heterocycles. The van der Waals surface area contributed by atoms with Crippen molar-refractivity contribution >= 4 is 11.8 Å². The van der Waals surface area contributed by atoms with Gasteiger partial charge in [-0.15, -0.1) is 0 Å². The first kappa shape index (κ1) is 10.4. The molecule has 2 fully saturated rings. The third-order valence-corrected chi connectivity index (χ3v) is 3.11. The van der Waals surface area contributed by atoms with Crippen molar-refractivity contribution in [3.8, 4) is 0 Å². The van der Waals surface area contributed by atoms with E-state index in [1.165, 1.54) is 0 Å². The summed E-state index contributed by atoms with van der Waals surface area (Å²) < 4.78 is 0. The Morgan fingerprint density at radius 1 is 1.47 bits per heavy atom. The van der Waals surface area contributed by atoms with Crippen LogP contribution in [0.2, 0.25) is 0 Å². The molecule has 2 saturated heterocycles. The summed E-state index contributed by atoms with van der Waals surface area (Å²) in [7, 11) is 0. The van der Waals surface area contributed by atoms with Crippen LogP contribution in [0.5, 0.6) is 0 Å². The molecule has 2 heterocycles. The van der Waals surface area contributed by atoms with E-state index in [4.69, 9.17) is 0 Å². The fourth-order valence-corrected chi connectivity index (χ4v) is 2.18. The van der Waals surface area contributed by atoms with Crippen LogP contribution < -0.4 is 10.6 Å². The van der Waals surface area contributed by atoms with Crippen molar-refractivity contribution in [1.29, 1.82) is 0 Å². The Kier molecular flexibility index (Phi) is 2.90. The highest BCUT2D eigenvalue weighted by Gasteiger charge is 2.33. The summed E-state index contributed by atoms with van der Waals surface area (Å²) in [6.07, 6.45) is 0.357. The molecule has 5 nitrogen and oxygen atoms in total. The molecule has 2 amide bonds. The van der Waals surface area contributed by atoms with Crippen LogP contribution >= 0.6 is 0 Å². The van der Waals surface area contributed by atoms with E-state index in [1.54, 1.807) is 0 Å². The van der Waals surface area contributed by atoms with Gasteiger partial charge in [0.2, 0.25) is 11.8 Å². The minimum atomic E-state index is -0.141. The van der Waals surface area contributed by atoms with Gasteiger partial charge in [-0.3, -0.25) is 9.59 Å². The largest absolute Gasteiger partial charge is 0.355 e. The second kappa shape index (κ2) is 4.18. The first-order chi connectivity index (χ1) is 7.18. The van der Waals surface area contributed by atoms with E-state index in [9.17, 15) is 9.59 Å². The number of nitrogens with one attached hydrogen (secondary N) is 2. The maximum absolute atomic E-state index is 12.1. The molecule has 0 spiro atoms. The number of nitrogens with zero attached hydrogens (tertiary/aromatic N) is 1. The van der Waals surface area contributed by atoms with E-state index in [0.29, 0.717) is 13.0 Å². The van der Waals surface area contributed by atoms with Gasteiger partial charge in [-0.2, -0.15) is 0 Å². The standard InChI is InChI=1S/C10H17N3O2/c1-7-5-11-2-3-13(7)10(15)8-4-9(14)12-6-8/h7-8,11H,2-6H2,1H3,(H,12,14)/t7-,8?/m1/s1. The topological polar surface area (TPSA) is 61.4 Å². The average Bonchev–Trinajstić information content (AvgIpc) is 2.65. The Morgan fingerprint density at radius 2 is 2.27 bits per heavy atom. The van der Waals surface area contributed by atoms with Gasteiger partial charge < -0.3 is 15.5 Å². The highest BCUT2D eigenvalue weighted by atomic mass is 16.2. The van der Waals surface area contributed by atoms with Gasteiger partial charge in [0.25, 0.3) is 0 Å². The molecule has 0 aromatic carbocycles. The fraction of sp³-hybridized carbons (Fsp3) is 0.800. The molecule has 1 unspecified atom stereocenters. The van der Waals surface area contributed by atoms with Crippen LogP contribution in [0.25, 0.3) is 0 Å². The predicted molar refractivity (Wildman–Crippen MR) is 55.2 cm³/mol. The Morgan fingerprint density at radius 3 is 2.87 bits per heavy atom. The van der Waals surface area contributed by atoms with Crippen molar-refractivity contribution < 1.29 is 9.59 Å². The molecule has 2 N–H and O–H groups in total. The van der Waals surface area contributed by atoms with Crippen molar-refractivity contribution in [3.05, 3.63) is 0 Å². The monoisotopic (exact) mass is 211 g/mol. The summed E-state index contributed by atoms with van der Waals surface area (Å²) in [5, 5.41) is 5.94. The highest BCUT2D eigenvalue weighted by molar-refractivity contribution is 5.89. The van der Waals surface area contributed by atoms with Crippen molar-refractivity contribution in [2.45, 2.75) is 19.4 Å². The summed E-state index contributed by atoms with van der Waals surface area (Å²) in [4.78, 5) is 25.0. The van der Waals surface area contributed by atoms with E-state index >= 15 is 0 Å². The zero-order chi connectivity index (χ0) is 10.8. The number of rotatable bonds is 1. The van der Waals surface area contributed by atoms with E-state index in [-0.39, 0.29) is 23.8 Å². The van der Waals surface area contributed by atoms with E-state index in [1.807, 2.05) is 11.8 Å². The Balaban J connectivity index is 1.97. The Bertz CT molecular complexity index is 280. The Hall–Kier alpha value is -1.10. The molecular weight excluding hydrogens is 194 g/mol. The first-order valence-corrected chi connectivity index (χ1v) is 5.46. The number of hydrogen-bond acceptors (Lipinski definition) is 3. The minimum Gasteiger partial charge on any atom is -0.355 e. The molecule has 0 aromatic heterocycles. The van der Waals surface area contributed by atoms with Gasteiger partial charge in [0.1, 0.15) is 0 Å². The molecule has 0 aliphatic carbocycles. The summed E-state index contributed by atoms with van der Waals surface area (Å²) in [6, 6.07) is 0.238. The summed E-state index contributed by atoms with van der Waals surface area (Å²) in [5.74, 6) is -0.0171. The van der Waals surface area contributed by atoms with Gasteiger partial charge in [0.05, 0.1) is 5.92 Å². The van der Waals surface area contributed by atoms with Gasteiger partial charge in [-0.05, 0) is 6.92 Å². The summed E-state index contributed by atoms with van der Waals surface area (Å²) in [6.45, 7) is 5.00. The van der Waals surface area contributed by atoms with Crippen molar-refractivity contribution in [2.75, 3.05) is 26.2 Å². The molecule has 84 valence electrons. The van der Waals surface area contributed by atoms with Gasteiger partial charge in [0, 0.05) is 38.6 Å². The zero-order valence-electron chi connectivity index (χ0n) is 8.95. The summed E-state index contributed by atoms with van der Waals surface area (Å²) >= 11 is 0. The summed E-state index contributed by atoms with van der Waals surface area (Å²) in [5.41, 5.74) is 0. The van der Waals surface area contributed by atoms with Crippen LogP contribution in [0.4, 0.5) is 0 Å². The number of hydrogen-bond donors (Lipinski definition) is 2. The van der Waals surface area contributed by atoms with Crippen LogP contribution in [0.1, 0.15) is 13.3 Å². The van der Waals surface area contributed by atoms with Crippen molar-refractivity contribution in [1.82, 2.24) is 15.5 Å². The molecular formula is C10H17N3O2. The molecule has 2 aliphatic rings. The second-order valence-electron chi connectivity index (χ2n) is 4.29. The number of carbonyl (C=O) groups is 2. The third kappa shape index (κ3) is 2.12. The van der Waals surface area contributed by atoms with Crippen LogP contribution in [-0.2, 0) is 9.59 Å². The normalized spacial score (nSPS) is 31.5. The third-order valence-electron chi connectivity index (χ3n) is 3.11. The van der Waals surface area contributed by atoms with E-state index in [0.717, 1.165) is 19.6 Å². The zero-order valence-corrected chi connectivity index (χ0v) is 8.95. The Labute approximate surface area is 89.2 Å². The minimum absolute atomic E-state index is 0.00358. The van der Waals surface area contributed by atoms with Crippen LogP contribution in [0.3, 0.4) is 0 Å². The van der Waals surface area contributed by atoms with E-state index in [2.05, 4.69) is 10.6 Å². The fourth-order valence-electron chi connectivity index (χ4n) is 2.18. The van der Waals surface area contributed by atoms with Gasteiger partial charge in [-0.25, -0.2) is 0 Å². The lowest BCUT2D eigenvalue weighted by Gasteiger charge is -2.35. The smallest absolute Gasteiger partial charge is 0.228 e. The second-order valence-corrected chi connectivity index (χ2v) is 4.29. The molecule has 5 heteroatoms. The molecule has 0 saturated carbocycles. The average molecular weight is 211 g/mol. The predicted octanol–water partition coefficient (Wildman–Crippen LogP) is -1.06. The first-order valence-electron chi connectivity index (χ1n) is 5.46. The molecule has 0 aromatic rings. The molecule has 0 radical (unpaired) electrons. The maximum atomic E-state index is 12.1. The van der Waals surface area contributed by atoms with Gasteiger partial charge >= 0.3 is 0 Å². The molecule has 2 atom stereocenters. The van der Waals surface area contributed by atoms with Crippen molar-refractivity contribution in [2.24, 2.45) is 5.92 Å².